The molecule has 0 fully saturated rings. The molecule has 0 bridgehead atoms. The number of hydrogen-bond donors (Lipinski definition) is 2. The number of carbonyl (C=O) groups is 4. The van der Waals surface area contributed by atoms with Gasteiger partial charge in [-0.15, -0.1) is 0 Å². The second-order valence-electron chi connectivity index (χ2n) is 6.86. The first kappa shape index (κ1) is 34.6. The normalized spacial score (nSPS) is 9.12. The van der Waals surface area contributed by atoms with E-state index in [0.717, 1.165) is 19.3 Å². The van der Waals surface area contributed by atoms with Crippen molar-refractivity contribution in [1.82, 2.24) is 0 Å². The van der Waals surface area contributed by atoms with Gasteiger partial charge in [-0.25, -0.2) is 19.2 Å². The van der Waals surface area contributed by atoms with Crippen molar-refractivity contribution < 1.29 is 43.6 Å². The summed E-state index contributed by atoms with van der Waals surface area (Å²) in [6.45, 7) is 20.9. The summed E-state index contributed by atoms with van der Waals surface area (Å²) in [6.07, 6.45) is 3.59. The third-order valence-electron chi connectivity index (χ3n) is 3.31. The minimum absolute atomic E-state index is 0.0194. The molecule has 9 nitrogen and oxygen atoms in total. The van der Waals surface area contributed by atoms with Gasteiger partial charge in [-0.2, -0.15) is 0 Å². The van der Waals surface area contributed by atoms with E-state index in [1.54, 1.807) is 6.92 Å². The Kier molecular flexibility index (Phi) is 23.2. The molecule has 0 heterocycles. The molecule has 0 aromatic heterocycles. The Bertz CT molecular complexity index is 678. The average Bonchev–Trinajstić information content (AvgIpc) is 2.74. The molecule has 2 N–H and O–H groups in total. The first-order valence-corrected chi connectivity index (χ1v) is 10.3. The molecule has 0 aromatic carbocycles. The van der Waals surface area contributed by atoms with Crippen molar-refractivity contribution >= 4 is 23.9 Å². The van der Waals surface area contributed by atoms with Crippen molar-refractivity contribution in [1.29, 1.82) is 0 Å². The van der Waals surface area contributed by atoms with Gasteiger partial charge in [0.1, 0.15) is 6.61 Å². The van der Waals surface area contributed by atoms with E-state index in [9.17, 15) is 19.2 Å². The van der Waals surface area contributed by atoms with Crippen LogP contribution in [0.1, 0.15) is 53.4 Å². The van der Waals surface area contributed by atoms with Gasteiger partial charge < -0.3 is 24.4 Å². The van der Waals surface area contributed by atoms with Gasteiger partial charge in [0.25, 0.3) is 0 Å². The molecule has 0 spiro atoms. The van der Waals surface area contributed by atoms with Crippen molar-refractivity contribution in [2.75, 3.05) is 26.4 Å². The summed E-state index contributed by atoms with van der Waals surface area (Å²) in [5.74, 6) is -2.67. The highest BCUT2D eigenvalue weighted by Gasteiger charge is 2.13. The molecular formula is C24H38O9. The lowest BCUT2D eigenvalue weighted by Gasteiger charge is -2.04. The Balaban J connectivity index is -0.000000446. The summed E-state index contributed by atoms with van der Waals surface area (Å²) in [4.78, 5) is 42.6. The maximum absolute atomic E-state index is 11.3. The molecule has 0 saturated carbocycles. The monoisotopic (exact) mass is 470 g/mol. The van der Waals surface area contributed by atoms with E-state index < -0.39 is 23.9 Å². The van der Waals surface area contributed by atoms with Crippen LogP contribution in [0.25, 0.3) is 0 Å². The van der Waals surface area contributed by atoms with Crippen molar-refractivity contribution in [3.8, 4) is 0 Å². The highest BCUT2D eigenvalue weighted by Crippen LogP contribution is 2.09. The van der Waals surface area contributed by atoms with E-state index in [4.69, 9.17) is 19.7 Å². The number of rotatable bonds is 13. The van der Waals surface area contributed by atoms with Crippen LogP contribution >= 0.6 is 0 Å². The van der Waals surface area contributed by atoms with Crippen LogP contribution in [0.4, 0.5) is 0 Å². The minimum atomic E-state index is -0.935. The van der Waals surface area contributed by atoms with E-state index in [-0.39, 0.29) is 31.0 Å². The highest BCUT2D eigenvalue weighted by atomic mass is 16.6. The Labute approximate surface area is 196 Å². The summed E-state index contributed by atoms with van der Waals surface area (Å²) in [5.41, 5.74) is 1.11. The van der Waals surface area contributed by atoms with E-state index in [1.165, 1.54) is 13.8 Å². The van der Waals surface area contributed by atoms with Crippen LogP contribution in [-0.2, 0) is 33.4 Å². The Hall–Kier alpha value is -3.04. The fourth-order valence-corrected chi connectivity index (χ4v) is 1.42. The van der Waals surface area contributed by atoms with Crippen molar-refractivity contribution in [2.45, 2.75) is 53.4 Å². The number of aliphatic hydroxyl groups excluding tert-OH is 1. The van der Waals surface area contributed by atoms with Crippen LogP contribution in [0.3, 0.4) is 0 Å². The predicted molar refractivity (Wildman–Crippen MR) is 125 cm³/mol. The number of esters is 3. The van der Waals surface area contributed by atoms with Crippen molar-refractivity contribution in [3.05, 3.63) is 48.6 Å². The maximum Gasteiger partial charge on any atom is 0.341 e. The number of hydrogen-bond acceptors (Lipinski definition) is 8. The lowest BCUT2D eigenvalue weighted by Crippen LogP contribution is -2.14. The highest BCUT2D eigenvalue weighted by molar-refractivity contribution is 6.00. The van der Waals surface area contributed by atoms with E-state index in [1.807, 2.05) is 0 Å². The van der Waals surface area contributed by atoms with Gasteiger partial charge in [-0.1, -0.05) is 46.1 Å². The smallest absolute Gasteiger partial charge is 0.341 e. The molecule has 0 aromatic rings. The second kappa shape index (κ2) is 22.2. The van der Waals surface area contributed by atoms with Crippen molar-refractivity contribution in [2.24, 2.45) is 0 Å². The first-order chi connectivity index (χ1) is 15.3. The Morgan fingerprint density at radius 1 is 0.758 bits per heavy atom. The van der Waals surface area contributed by atoms with Gasteiger partial charge >= 0.3 is 23.9 Å². The van der Waals surface area contributed by atoms with Gasteiger partial charge in [0.2, 0.25) is 0 Å². The molecular weight excluding hydrogens is 432 g/mol. The minimum Gasteiger partial charge on any atom is -0.478 e. The van der Waals surface area contributed by atoms with Gasteiger partial charge in [0.15, 0.2) is 0 Å². The number of carbonyl (C=O) groups excluding carboxylic acids is 3. The molecule has 0 radical (unpaired) electrons. The quantitative estimate of drug-likeness (QED) is 0.179. The molecule has 0 rings (SSSR count). The lowest BCUT2D eigenvalue weighted by atomic mass is 10.1. The molecule has 0 aliphatic heterocycles. The third kappa shape index (κ3) is 25.1. The SMILES string of the molecule is C=C(C)C(=O)O.C=C(C)C(=O)OC(=O)C(=C)CCCCC.C=C(C)C(=O)OCCOCCO. The zero-order chi connectivity index (χ0) is 26.4. The summed E-state index contributed by atoms with van der Waals surface area (Å²) < 4.78 is 14.1. The van der Waals surface area contributed by atoms with Gasteiger partial charge in [0.05, 0.1) is 19.8 Å². The number of ether oxygens (including phenoxy) is 3. The molecule has 0 saturated heterocycles. The molecule has 0 atom stereocenters. The van der Waals surface area contributed by atoms with E-state index >= 15 is 0 Å². The second-order valence-corrected chi connectivity index (χ2v) is 6.86. The molecule has 0 aliphatic carbocycles. The van der Waals surface area contributed by atoms with Crippen LogP contribution in [0.2, 0.25) is 0 Å². The topological polar surface area (TPSA) is 136 Å². The van der Waals surface area contributed by atoms with E-state index in [0.29, 0.717) is 24.2 Å². The first-order valence-electron chi connectivity index (χ1n) is 10.3. The summed E-state index contributed by atoms with van der Waals surface area (Å²) >= 11 is 0. The van der Waals surface area contributed by atoms with Crippen LogP contribution in [0.5, 0.6) is 0 Å². The number of carboxylic acid groups (broad SMARTS) is 1. The number of aliphatic hydroxyl groups is 1. The Morgan fingerprint density at radius 3 is 1.67 bits per heavy atom. The van der Waals surface area contributed by atoms with Crippen LogP contribution in [0.15, 0.2) is 48.6 Å². The molecule has 9 heteroatoms. The molecule has 188 valence electrons. The number of aliphatic carboxylic acids is 1. The summed E-state index contributed by atoms with van der Waals surface area (Å²) in [7, 11) is 0. The lowest BCUT2D eigenvalue weighted by molar-refractivity contribution is -0.154. The number of unbranched alkanes of at least 4 members (excludes halogenated alkanes) is 2. The van der Waals surface area contributed by atoms with Gasteiger partial charge in [-0.3, -0.25) is 0 Å². The Morgan fingerprint density at radius 2 is 1.27 bits per heavy atom. The standard InChI is InChI=1S/C12H18O3.C8H14O4.C4H6O2/c1-5-6-7-8-10(4)12(14)15-11(13)9(2)3;1-7(2)8(10)12-6-5-11-4-3-9;1-3(2)4(5)6/h2,4-8H2,1,3H3;9H,1,3-6H2,2H3;1H2,2H3,(H,5,6). The predicted octanol–water partition coefficient (Wildman–Crippen LogP) is 3.53. The molecule has 33 heavy (non-hydrogen) atoms. The number of carboxylic acids is 1. The van der Waals surface area contributed by atoms with E-state index in [2.05, 4.69) is 38.0 Å². The molecule has 0 unspecified atom stereocenters. The maximum atomic E-state index is 11.3. The van der Waals surface area contributed by atoms with Crippen LogP contribution in [0, 0.1) is 0 Å². The summed E-state index contributed by atoms with van der Waals surface area (Å²) in [6, 6.07) is 0. The van der Waals surface area contributed by atoms with Crippen molar-refractivity contribution in [3.63, 3.8) is 0 Å². The molecule has 0 amide bonds. The zero-order valence-electron chi connectivity index (χ0n) is 20.2. The van der Waals surface area contributed by atoms with Gasteiger partial charge in [0, 0.05) is 22.3 Å². The fourth-order valence-electron chi connectivity index (χ4n) is 1.42. The van der Waals surface area contributed by atoms with Crippen LogP contribution in [-0.4, -0.2) is 60.5 Å². The fraction of sp³-hybridized carbons (Fsp3) is 0.500. The molecule has 0 aliphatic rings. The zero-order valence-corrected chi connectivity index (χ0v) is 20.2. The third-order valence-corrected chi connectivity index (χ3v) is 3.31. The largest absolute Gasteiger partial charge is 0.478 e. The summed E-state index contributed by atoms with van der Waals surface area (Å²) in [5, 5.41) is 16.2. The average molecular weight is 471 g/mol. The van der Waals surface area contributed by atoms with Gasteiger partial charge in [-0.05, 0) is 33.6 Å². The van der Waals surface area contributed by atoms with Crippen LogP contribution < -0.4 is 0 Å².